The maximum atomic E-state index is 11.4. The van der Waals surface area contributed by atoms with E-state index in [-0.39, 0.29) is 0 Å². The summed E-state index contributed by atoms with van der Waals surface area (Å²) in [4.78, 5) is 11.4. The summed E-state index contributed by atoms with van der Waals surface area (Å²) in [5, 5.41) is 9.94. The minimum absolute atomic E-state index is 0.450. The molecule has 0 amide bonds. The fourth-order valence-electron chi connectivity index (χ4n) is 1.98. The molecule has 0 spiro atoms. The van der Waals surface area contributed by atoms with Crippen molar-refractivity contribution in [3.63, 3.8) is 0 Å². The highest BCUT2D eigenvalue weighted by Crippen LogP contribution is 2.23. The number of hydrogen-bond donors (Lipinski definition) is 1. The summed E-state index contributed by atoms with van der Waals surface area (Å²) in [6.07, 6.45) is 4.28. The number of benzene rings is 2. The van der Waals surface area contributed by atoms with Gasteiger partial charge in [0.25, 0.3) is 0 Å². The number of aliphatic carboxylic acids is 1. The smallest absolute Gasteiger partial charge is 0.311 e. The van der Waals surface area contributed by atoms with Crippen LogP contribution in [-0.4, -0.2) is 11.1 Å². The molecule has 3 heteroatoms. The lowest BCUT2D eigenvalue weighted by atomic mass is 9.95. The molecule has 0 heterocycles. The van der Waals surface area contributed by atoms with E-state index in [9.17, 15) is 9.90 Å². The summed E-state index contributed by atoms with van der Waals surface area (Å²) in [5.74, 6) is -1.38. The van der Waals surface area contributed by atoms with Crippen LogP contribution in [0, 0.1) is 0 Å². The molecule has 2 nitrogen and oxygen atoms in total. The Bertz CT molecular complexity index is 588. The number of rotatable bonds is 5. The van der Waals surface area contributed by atoms with Gasteiger partial charge in [-0.2, -0.15) is 0 Å². The first-order chi connectivity index (χ1) is 9.66. The Morgan fingerprint density at radius 1 is 1.10 bits per heavy atom. The normalized spacial score (nSPS) is 12.4. The van der Waals surface area contributed by atoms with Crippen LogP contribution in [0.4, 0.5) is 0 Å². The Morgan fingerprint density at radius 2 is 1.75 bits per heavy atom. The van der Waals surface area contributed by atoms with Gasteiger partial charge in [0.2, 0.25) is 0 Å². The summed E-state index contributed by atoms with van der Waals surface area (Å²) in [6.45, 7) is 0. The van der Waals surface area contributed by atoms with Crippen LogP contribution in [0.15, 0.2) is 60.7 Å². The van der Waals surface area contributed by atoms with Gasteiger partial charge in [-0.3, -0.25) is 4.79 Å². The van der Waals surface area contributed by atoms with Crippen LogP contribution in [-0.2, 0) is 4.79 Å². The van der Waals surface area contributed by atoms with Crippen molar-refractivity contribution < 1.29 is 9.90 Å². The molecule has 2 aromatic carbocycles. The summed E-state index contributed by atoms with van der Waals surface area (Å²) < 4.78 is 0. The molecule has 102 valence electrons. The zero-order valence-corrected chi connectivity index (χ0v) is 11.6. The molecule has 0 saturated carbocycles. The van der Waals surface area contributed by atoms with Gasteiger partial charge in [-0.1, -0.05) is 66.2 Å². The highest BCUT2D eigenvalue weighted by Gasteiger charge is 2.17. The first kappa shape index (κ1) is 14.4. The Hall–Kier alpha value is -2.06. The quantitative estimate of drug-likeness (QED) is 0.871. The third-order valence-corrected chi connectivity index (χ3v) is 3.30. The van der Waals surface area contributed by atoms with E-state index in [1.165, 1.54) is 0 Å². The van der Waals surface area contributed by atoms with Gasteiger partial charge in [0.05, 0.1) is 5.92 Å². The monoisotopic (exact) mass is 286 g/mol. The maximum Gasteiger partial charge on any atom is 0.311 e. The zero-order chi connectivity index (χ0) is 14.4. The van der Waals surface area contributed by atoms with Crippen molar-refractivity contribution in [2.24, 2.45) is 0 Å². The Balaban J connectivity index is 2.09. The Morgan fingerprint density at radius 3 is 2.35 bits per heavy atom. The number of hydrogen-bond acceptors (Lipinski definition) is 1. The minimum Gasteiger partial charge on any atom is -0.481 e. The molecule has 1 unspecified atom stereocenters. The van der Waals surface area contributed by atoms with Crippen LogP contribution in [0.3, 0.4) is 0 Å². The van der Waals surface area contributed by atoms with Gasteiger partial charge >= 0.3 is 5.97 Å². The largest absolute Gasteiger partial charge is 0.481 e. The third-order valence-electron chi connectivity index (χ3n) is 3.05. The van der Waals surface area contributed by atoms with Gasteiger partial charge in [0, 0.05) is 5.02 Å². The SMILES string of the molecule is O=C(O)C(CC=Cc1ccccc1)c1ccc(Cl)cc1. The lowest BCUT2D eigenvalue weighted by Gasteiger charge is -2.10. The molecule has 2 aromatic rings. The standard InChI is InChI=1S/C17H15ClO2/c18-15-11-9-14(10-12-15)16(17(19)20)8-4-7-13-5-2-1-3-6-13/h1-7,9-12,16H,8H2,(H,19,20). The second-order valence-electron chi connectivity index (χ2n) is 4.49. The molecule has 0 fully saturated rings. The van der Waals surface area contributed by atoms with Gasteiger partial charge in [0.15, 0.2) is 0 Å². The van der Waals surface area contributed by atoms with Crippen molar-refractivity contribution in [2.75, 3.05) is 0 Å². The predicted molar refractivity (Wildman–Crippen MR) is 81.9 cm³/mol. The Labute approximate surface area is 123 Å². The van der Waals surface area contributed by atoms with E-state index in [4.69, 9.17) is 11.6 Å². The summed E-state index contributed by atoms with van der Waals surface area (Å²) >= 11 is 5.82. The van der Waals surface area contributed by atoms with E-state index in [0.717, 1.165) is 11.1 Å². The van der Waals surface area contributed by atoms with Gasteiger partial charge in [-0.25, -0.2) is 0 Å². The molecular weight excluding hydrogens is 272 g/mol. The molecule has 0 aliphatic heterocycles. The average Bonchev–Trinajstić information content (AvgIpc) is 2.46. The molecule has 0 bridgehead atoms. The third kappa shape index (κ3) is 3.97. The van der Waals surface area contributed by atoms with E-state index in [2.05, 4.69) is 0 Å². The van der Waals surface area contributed by atoms with Gasteiger partial charge in [-0.15, -0.1) is 0 Å². The number of allylic oxidation sites excluding steroid dienone is 1. The van der Waals surface area contributed by atoms with Gasteiger partial charge in [0.1, 0.15) is 0 Å². The average molecular weight is 287 g/mol. The molecule has 1 N–H and O–H groups in total. The number of halogens is 1. The second kappa shape index (κ2) is 6.92. The van der Waals surface area contributed by atoms with Crippen molar-refractivity contribution in [3.05, 3.63) is 76.8 Å². The molecule has 0 aromatic heterocycles. The number of carboxylic acid groups (broad SMARTS) is 1. The number of carboxylic acids is 1. The molecule has 20 heavy (non-hydrogen) atoms. The predicted octanol–water partition coefficient (Wildman–Crippen LogP) is 4.61. The first-order valence-corrected chi connectivity index (χ1v) is 6.74. The Kier molecular flexibility index (Phi) is 4.97. The molecule has 0 aliphatic carbocycles. The lowest BCUT2D eigenvalue weighted by Crippen LogP contribution is -2.10. The fraction of sp³-hybridized carbons (Fsp3) is 0.118. The van der Waals surface area contributed by atoms with E-state index >= 15 is 0 Å². The van der Waals surface area contributed by atoms with Gasteiger partial charge < -0.3 is 5.11 Å². The van der Waals surface area contributed by atoms with Crippen molar-refractivity contribution in [1.82, 2.24) is 0 Å². The van der Waals surface area contributed by atoms with Crippen molar-refractivity contribution in [2.45, 2.75) is 12.3 Å². The van der Waals surface area contributed by atoms with Crippen molar-refractivity contribution in [1.29, 1.82) is 0 Å². The summed E-state index contributed by atoms with van der Waals surface area (Å²) in [7, 11) is 0. The van der Waals surface area contributed by atoms with Crippen LogP contribution in [0.5, 0.6) is 0 Å². The number of carbonyl (C=O) groups is 1. The minimum atomic E-state index is -0.829. The van der Waals surface area contributed by atoms with E-state index in [0.29, 0.717) is 11.4 Å². The van der Waals surface area contributed by atoms with Crippen molar-refractivity contribution in [3.8, 4) is 0 Å². The van der Waals surface area contributed by atoms with Crippen LogP contribution in [0.25, 0.3) is 6.08 Å². The first-order valence-electron chi connectivity index (χ1n) is 6.36. The summed E-state index contributed by atoms with van der Waals surface area (Å²) in [6, 6.07) is 16.8. The summed E-state index contributed by atoms with van der Waals surface area (Å²) in [5.41, 5.74) is 1.83. The van der Waals surface area contributed by atoms with E-state index < -0.39 is 11.9 Å². The second-order valence-corrected chi connectivity index (χ2v) is 4.93. The van der Waals surface area contributed by atoms with E-state index in [1.54, 1.807) is 24.3 Å². The maximum absolute atomic E-state index is 11.4. The van der Waals surface area contributed by atoms with E-state index in [1.807, 2.05) is 42.5 Å². The van der Waals surface area contributed by atoms with Gasteiger partial charge in [-0.05, 0) is 29.7 Å². The molecule has 1 atom stereocenters. The van der Waals surface area contributed by atoms with Crippen LogP contribution < -0.4 is 0 Å². The highest BCUT2D eigenvalue weighted by atomic mass is 35.5. The molecule has 0 radical (unpaired) electrons. The molecule has 0 saturated heterocycles. The highest BCUT2D eigenvalue weighted by molar-refractivity contribution is 6.30. The lowest BCUT2D eigenvalue weighted by molar-refractivity contribution is -0.138. The zero-order valence-electron chi connectivity index (χ0n) is 10.9. The van der Waals surface area contributed by atoms with Crippen LogP contribution in [0.1, 0.15) is 23.5 Å². The fourth-order valence-corrected chi connectivity index (χ4v) is 2.10. The molecular formula is C17H15ClO2. The van der Waals surface area contributed by atoms with Crippen LogP contribution >= 0.6 is 11.6 Å². The van der Waals surface area contributed by atoms with Crippen LogP contribution in [0.2, 0.25) is 5.02 Å². The van der Waals surface area contributed by atoms with Crippen molar-refractivity contribution >= 4 is 23.6 Å². The molecule has 0 aliphatic rings. The topological polar surface area (TPSA) is 37.3 Å². The molecule has 2 rings (SSSR count).